The smallest absolute Gasteiger partial charge is 0.198 e. The second kappa shape index (κ2) is 17.8. The summed E-state index contributed by atoms with van der Waals surface area (Å²) in [6, 6.07) is 7.56. The van der Waals surface area contributed by atoms with E-state index in [2.05, 4.69) is 12.2 Å². The Kier molecular flexibility index (Phi) is 15.7. The van der Waals surface area contributed by atoms with Gasteiger partial charge in [-0.25, -0.2) is 0 Å². The van der Waals surface area contributed by atoms with Crippen LogP contribution in [0, 0.1) is 10.8 Å². The van der Waals surface area contributed by atoms with Gasteiger partial charge in [-0.15, -0.1) is 0 Å². The van der Waals surface area contributed by atoms with E-state index >= 15 is 0 Å². The van der Waals surface area contributed by atoms with Crippen LogP contribution in [0.15, 0.2) is 24.3 Å². The molecule has 5 N–H and O–H groups in total. The van der Waals surface area contributed by atoms with Crippen LogP contribution in [-0.4, -0.2) is 36.6 Å². The molecule has 1 aromatic rings. The number of nitrogens with two attached hydrogens (primary N) is 1. The van der Waals surface area contributed by atoms with Crippen LogP contribution >= 0.6 is 11.6 Å². The molecule has 0 aromatic heterocycles. The summed E-state index contributed by atoms with van der Waals surface area (Å²) in [5, 5.41) is 18.8. The van der Waals surface area contributed by atoms with Crippen LogP contribution in [-0.2, 0) is 11.3 Å². The molecule has 0 spiro atoms. The van der Waals surface area contributed by atoms with Gasteiger partial charge in [-0.2, -0.15) is 0 Å². The van der Waals surface area contributed by atoms with Crippen molar-refractivity contribution in [3.05, 3.63) is 34.9 Å². The molecule has 1 rings (SSSR count). The van der Waals surface area contributed by atoms with Gasteiger partial charge in [-0.05, 0) is 30.5 Å². The predicted molar refractivity (Wildman–Crippen MR) is 132 cm³/mol. The van der Waals surface area contributed by atoms with E-state index in [1.54, 1.807) is 0 Å². The number of unbranched alkanes of at least 4 members (excludes halogenated alkanes) is 9. The highest BCUT2D eigenvalue weighted by Crippen LogP contribution is 2.12. The molecule has 0 heterocycles. The number of halogens is 1. The minimum absolute atomic E-state index is 0.122. The molecule has 1 aromatic carbocycles. The molecule has 0 aliphatic heterocycles. The summed E-state index contributed by atoms with van der Waals surface area (Å²) in [5.74, 6) is -0.111. The number of nitrogens with one attached hydrogen (secondary N) is 3. The van der Waals surface area contributed by atoms with Gasteiger partial charge < -0.3 is 15.4 Å². The largest absolute Gasteiger partial charge is 0.381 e. The van der Waals surface area contributed by atoms with Crippen molar-refractivity contribution in [3.63, 3.8) is 0 Å². The molecular weight excluding hydrogens is 410 g/mol. The second-order valence-electron chi connectivity index (χ2n) is 8.08. The fourth-order valence-corrected chi connectivity index (χ4v) is 3.56. The van der Waals surface area contributed by atoms with Crippen LogP contribution in [0.5, 0.6) is 0 Å². The molecule has 31 heavy (non-hydrogen) atoms. The van der Waals surface area contributed by atoms with Gasteiger partial charge >= 0.3 is 0 Å². The number of guanidine groups is 2. The van der Waals surface area contributed by atoms with Crippen LogP contribution < -0.4 is 11.1 Å². The number of rotatable bonds is 17. The molecule has 0 saturated carbocycles. The second-order valence-corrected chi connectivity index (χ2v) is 8.52. The Labute approximate surface area is 193 Å². The first-order chi connectivity index (χ1) is 15.0. The number of ether oxygens (including phenoxy) is 1. The van der Waals surface area contributed by atoms with Crippen LogP contribution in [0.3, 0.4) is 0 Å². The van der Waals surface area contributed by atoms with E-state index in [1.165, 1.54) is 57.8 Å². The van der Waals surface area contributed by atoms with Gasteiger partial charge in [0.05, 0.1) is 0 Å². The molecule has 176 valence electrons. The standard InChI is InChI=1S/C24H42ClN5O/c1-2-3-4-5-6-7-8-9-10-11-18-31-19-12-17-30(24(28)29-23(26)27)20-21-13-15-22(25)16-14-21/h13-16H,2-12,17-20H2,1H3,(H5,26,27,28,29). The van der Waals surface area contributed by atoms with Crippen LogP contribution in [0.4, 0.5) is 0 Å². The van der Waals surface area contributed by atoms with Crippen molar-refractivity contribution >= 4 is 23.5 Å². The minimum atomic E-state index is -0.233. The van der Waals surface area contributed by atoms with E-state index in [4.69, 9.17) is 32.9 Å². The summed E-state index contributed by atoms with van der Waals surface area (Å²) < 4.78 is 5.78. The highest BCUT2D eigenvalue weighted by molar-refractivity contribution is 6.30. The normalized spacial score (nSPS) is 10.8. The Morgan fingerprint density at radius 3 is 2.03 bits per heavy atom. The van der Waals surface area contributed by atoms with E-state index in [0.29, 0.717) is 24.7 Å². The maximum atomic E-state index is 8.17. The third kappa shape index (κ3) is 14.8. The van der Waals surface area contributed by atoms with Gasteiger partial charge in [-0.1, -0.05) is 88.4 Å². The molecule has 0 amide bonds. The Hall–Kier alpha value is -1.79. The Bertz CT molecular complexity index is 608. The Morgan fingerprint density at radius 1 is 0.903 bits per heavy atom. The highest BCUT2D eigenvalue weighted by atomic mass is 35.5. The number of nitrogens with zero attached hydrogens (tertiary/aromatic N) is 1. The van der Waals surface area contributed by atoms with Crippen molar-refractivity contribution in [2.45, 2.75) is 84.1 Å². The zero-order chi connectivity index (χ0) is 22.7. The summed E-state index contributed by atoms with van der Waals surface area (Å²) >= 11 is 5.95. The summed E-state index contributed by atoms with van der Waals surface area (Å²) in [7, 11) is 0. The van der Waals surface area contributed by atoms with Crippen molar-refractivity contribution in [1.29, 1.82) is 10.8 Å². The Morgan fingerprint density at radius 2 is 1.45 bits per heavy atom. The maximum absolute atomic E-state index is 8.17. The van der Waals surface area contributed by atoms with E-state index in [-0.39, 0.29) is 11.9 Å². The third-order valence-electron chi connectivity index (χ3n) is 5.21. The van der Waals surface area contributed by atoms with E-state index in [9.17, 15) is 0 Å². The first kappa shape index (κ1) is 27.2. The van der Waals surface area contributed by atoms with Crippen molar-refractivity contribution in [2.75, 3.05) is 19.8 Å². The van der Waals surface area contributed by atoms with Gasteiger partial charge in [0.2, 0.25) is 0 Å². The van der Waals surface area contributed by atoms with Crippen LogP contribution in [0.25, 0.3) is 0 Å². The van der Waals surface area contributed by atoms with Crippen molar-refractivity contribution in [3.8, 4) is 0 Å². The molecule has 6 nitrogen and oxygen atoms in total. The summed E-state index contributed by atoms with van der Waals surface area (Å²) in [5.41, 5.74) is 6.43. The lowest BCUT2D eigenvalue weighted by molar-refractivity contribution is 0.122. The van der Waals surface area contributed by atoms with E-state index < -0.39 is 0 Å². The van der Waals surface area contributed by atoms with E-state index in [1.807, 2.05) is 29.2 Å². The van der Waals surface area contributed by atoms with Gasteiger partial charge in [0.15, 0.2) is 11.9 Å². The SMILES string of the molecule is CCCCCCCCCCCCOCCCN(Cc1ccc(Cl)cc1)C(=N)NC(=N)N. The molecule has 7 heteroatoms. The van der Waals surface area contributed by atoms with Crippen molar-refractivity contribution in [2.24, 2.45) is 5.73 Å². The molecule has 0 bridgehead atoms. The average Bonchev–Trinajstić information content (AvgIpc) is 2.74. The molecule has 0 atom stereocenters. The monoisotopic (exact) mass is 451 g/mol. The average molecular weight is 452 g/mol. The van der Waals surface area contributed by atoms with Gasteiger partial charge in [0.1, 0.15) is 0 Å². The maximum Gasteiger partial charge on any atom is 0.198 e. The zero-order valence-corrected chi connectivity index (χ0v) is 20.0. The highest BCUT2D eigenvalue weighted by Gasteiger charge is 2.11. The lowest BCUT2D eigenvalue weighted by atomic mass is 10.1. The van der Waals surface area contributed by atoms with Crippen LogP contribution in [0.2, 0.25) is 5.02 Å². The van der Waals surface area contributed by atoms with Gasteiger partial charge in [0.25, 0.3) is 0 Å². The molecule has 0 fully saturated rings. The fraction of sp³-hybridized carbons (Fsp3) is 0.667. The molecular formula is C24H42ClN5O. The summed E-state index contributed by atoms with van der Waals surface area (Å²) in [4.78, 5) is 1.86. The van der Waals surface area contributed by atoms with Gasteiger partial charge in [-0.3, -0.25) is 16.1 Å². The first-order valence-electron chi connectivity index (χ1n) is 11.8. The van der Waals surface area contributed by atoms with Crippen molar-refractivity contribution < 1.29 is 4.74 Å². The van der Waals surface area contributed by atoms with Gasteiger partial charge in [0, 0.05) is 31.3 Å². The molecule has 0 unspecified atom stereocenters. The number of benzene rings is 1. The first-order valence-corrected chi connectivity index (χ1v) is 12.2. The van der Waals surface area contributed by atoms with Crippen LogP contribution in [0.1, 0.15) is 83.1 Å². The number of hydrogen-bond donors (Lipinski definition) is 4. The summed E-state index contributed by atoms with van der Waals surface area (Å²) in [6.45, 7) is 4.93. The Balaban J connectivity index is 2.14. The topological polar surface area (TPSA) is 98.2 Å². The molecule has 0 aliphatic rings. The summed E-state index contributed by atoms with van der Waals surface area (Å²) in [6.07, 6.45) is 14.1. The van der Waals surface area contributed by atoms with Crippen molar-refractivity contribution in [1.82, 2.24) is 10.2 Å². The molecule has 0 aliphatic carbocycles. The quantitative estimate of drug-likeness (QED) is 0.135. The number of hydrogen-bond acceptors (Lipinski definition) is 3. The molecule has 0 radical (unpaired) electrons. The minimum Gasteiger partial charge on any atom is -0.381 e. The fourth-order valence-electron chi connectivity index (χ4n) is 3.44. The predicted octanol–water partition coefficient (Wildman–Crippen LogP) is 5.89. The lowest BCUT2D eigenvalue weighted by Crippen LogP contribution is -2.46. The van der Waals surface area contributed by atoms with E-state index in [0.717, 1.165) is 25.0 Å². The molecule has 0 saturated heterocycles. The third-order valence-corrected chi connectivity index (χ3v) is 5.47. The lowest BCUT2D eigenvalue weighted by Gasteiger charge is -2.25. The zero-order valence-electron chi connectivity index (χ0n) is 19.2.